The maximum absolute atomic E-state index is 11.3. The Hall–Kier alpha value is -1.09. The van der Waals surface area contributed by atoms with Crippen molar-refractivity contribution < 1.29 is 23.2 Å². The molecule has 1 saturated heterocycles. The zero-order valence-corrected chi connectivity index (χ0v) is 11.9. The number of nitrogens with zero attached hydrogens (tertiary/aromatic N) is 1. The van der Waals surface area contributed by atoms with Gasteiger partial charge in [-0.15, -0.1) is 0 Å². The fourth-order valence-corrected chi connectivity index (χ4v) is 3.28. The Kier molecular flexibility index (Phi) is 5.03. The van der Waals surface area contributed by atoms with Crippen molar-refractivity contribution in [1.29, 1.82) is 0 Å². The van der Waals surface area contributed by atoms with Crippen LogP contribution in [0.1, 0.15) is 0 Å². The number of hydrogen-bond acceptors (Lipinski definition) is 6. The first-order chi connectivity index (χ1) is 9.46. The smallest absolute Gasteiger partial charge is 0.488 e. The molecule has 1 aliphatic rings. The molecule has 0 bridgehead atoms. The SMILES string of the molecule is O=S1(=O)CCN(CCOc2ccc(B(O)O)cc2)CC1. The molecule has 0 radical (unpaired) electrons. The summed E-state index contributed by atoms with van der Waals surface area (Å²) >= 11 is 0. The summed E-state index contributed by atoms with van der Waals surface area (Å²) in [5.74, 6) is 1.09. The van der Waals surface area contributed by atoms with Gasteiger partial charge in [0.25, 0.3) is 0 Å². The van der Waals surface area contributed by atoms with Crippen LogP contribution in [0.25, 0.3) is 0 Å². The summed E-state index contributed by atoms with van der Waals surface area (Å²) in [5, 5.41) is 17.9. The van der Waals surface area contributed by atoms with Crippen LogP contribution < -0.4 is 10.2 Å². The molecule has 0 atom stereocenters. The molecule has 0 aromatic heterocycles. The van der Waals surface area contributed by atoms with E-state index in [4.69, 9.17) is 14.8 Å². The molecule has 20 heavy (non-hydrogen) atoms. The lowest BCUT2D eigenvalue weighted by Gasteiger charge is -2.26. The topological polar surface area (TPSA) is 87.1 Å². The van der Waals surface area contributed by atoms with Crippen LogP contribution in [0.3, 0.4) is 0 Å². The zero-order valence-electron chi connectivity index (χ0n) is 11.1. The molecule has 0 amide bonds. The molecule has 0 unspecified atom stereocenters. The van der Waals surface area contributed by atoms with Crippen LogP contribution in [0.2, 0.25) is 0 Å². The van der Waals surface area contributed by atoms with Gasteiger partial charge in [-0.3, -0.25) is 4.90 Å². The van der Waals surface area contributed by atoms with Crippen molar-refractivity contribution in [3.8, 4) is 5.75 Å². The van der Waals surface area contributed by atoms with Crippen LogP contribution in [-0.4, -0.2) is 68.2 Å². The normalized spacial score (nSPS) is 18.7. The fraction of sp³-hybridized carbons (Fsp3) is 0.500. The number of benzene rings is 1. The Morgan fingerprint density at radius 2 is 1.75 bits per heavy atom. The highest BCUT2D eigenvalue weighted by atomic mass is 32.2. The molecular formula is C12H18BNO5S. The van der Waals surface area contributed by atoms with Gasteiger partial charge in [0.05, 0.1) is 11.5 Å². The van der Waals surface area contributed by atoms with Gasteiger partial charge in [0.2, 0.25) is 0 Å². The summed E-state index contributed by atoms with van der Waals surface area (Å²) in [6.07, 6.45) is 0. The van der Waals surface area contributed by atoms with Gasteiger partial charge < -0.3 is 14.8 Å². The average Bonchev–Trinajstić information content (AvgIpc) is 2.41. The number of rotatable bonds is 5. The van der Waals surface area contributed by atoms with Gasteiger partial charge in [0, 0.05) is 19.6 Å². The second kappa shape index (κ2) is 6.58. The van der Waals surface area contributed by atoms with Gasteiger partial charge in [-0.1, -0.05) is 12.1 Å². The summed E-state index contributed by atoms with van der Waals surface area (Å²) in [6.45, 7) is 2.27. The molecule has 1 heterocycles. The lowest BCUT2D eigenvalue weighted by Crippen LogP contribution is -2.42. The monoisotopic (exact) mass is 299 g/mol. The van der Waals surface area contributed by atoms with Crippen LogP contribution in [0.5, 0.6) is 5.75 Å². The van der Waals surface area contributed by atoms with Crippen molar-refractivity contribution >= 4 is 22.4 Å². The zero-order chi connectivity index (χ0) is 14.6. The highest BCUT2D eigenvalue weighted by Gasteiger charge is 2.21. The van der Waals surface area contributed by atoms with Crippen LogP contribution in [-0.2, 0) is 9.84 Å². The van der Waals surface area contributed by atoms with Gasteiger partial charge in [0.1, 0.15) is 12.4 Å². The molecule has 1 aromatic carbocycles. The van der Waals surface area contributed by atoms with E-state index in [1.165, 1.54) is 0 Å². The fourth-order valence-electron chi connectivity index (χ4n) is 2.00. The van der Waals surface area contributed by atoms with Crippen molar-refractivity contribution in [3.05, 3.63) is 24.3 Å². The molecule has 8 heteroatoms. The van der Waals surface area contributed by atoms with Gasteiger partial charge in [-0.05, 0) is 17.6 Å². The van der Waals surface area contributed by atoms with E-state index in [-0.39, 0.29) is 11.5 Å². The Morgan fingerprint density at radius 1 is 1.15 bits per heavy atom. The van der Waals surface area contributed by atoms with Crippen molar-refractivity contribution in [2.24, 2.45) is 0 Å². The van der Waals surface area contributed by atoms with Crippen LogP contribution >= 0.6 is 0 Å². The second-order valence-corrected chi connectivity index (χ2v) is 7.09. The Morgan fingerprint density at radius 3 is 2.30 bits per heavy atom. The minimum atomic E-state index is -2.84. The first kappa shape index (κ1) is 15.3. The molecule has 0 aliphatic carbocycles. The summed E-state index contributed by atoms with van der Waals surface area (Å²) in [7, 11) is -4.31. The summed E-state index contributed by atoms with van der Waals surface area (Å²) in [6, 6.07) is 6.53. The van der Waals surface area contributed by atoms with Crippen molar-refractivity contribution in [1.82, 2.24) is 4.90 Å². The van der Waals surface area contributed by atoms with E-state index in [1.54, 1.807) is 24.3 Å². The van der Waals surface area contributed by atoms with Gasteiger partial charge in [0.15, 0.2) is 9.84 Å². The first-order valence-electron chi connectivity index (χ1n) is 6.48. The summed E-state index contributed by atoms with van der Waals surface area (Å²) in [4.78, 5) is 2.06. The lowest BCUT2D eigenvalue weighted by molar-refractivity contribution is 0.219. The van der Waals surface area contributed by atoms with E-state index < -0.39 is 17.0 Å². The largest absolute Gasteiger partial charge is 0.492 e. The number of ether oxygens (including phenoxy) is 1. The number of hydrogen-bond donors (Lipinski definition) is 2. The molecule has 1 aromatic rings. The molecule has 1 fully saturated rings. The van der Waals surface area contributed by atoms with Crippen LogP contribution in [0.4, 0.5) is 0 Å². The predicted octanol–water partition coefficient (Wildman–Crippen LogP) is -1.52. The quantitative estimate of drug-likeness (QED) is 0.642. The van der Waals surface area contributed by atoms with Crippen LogP contribution in [0.15, 0.2) is 24.3 Å². The highest BCUT2D eigenvalue weighted by Crippen LogP contribution is 2.08. The highest BCUT2D eigenvalue weighted by molar-refractivity contribution is 7.91. The standard InChI is InChI=1S/C12H18BNO5S/c15-13(16)11-1-3-12(4-2-11)19-8-5-14-6-9-20(17,18)10-7-14/h1-4,15-16H,5-10H2. The molecule has 6 nitrogen and oxygen atoms in total. The molecule has 2 N–H and O–H groups in total. The van der Waals surface area contributed by atoms with Gasteiger partial charge >= 0.3 is 7.12 Å². The molecule has 0 saturated carbocycles. The summed E-state index contributed by atoms with van der Waals surface area (Å²) < 4.78 is 28.1. The first-order valence-corrected chi connectivity index (χ1v) is 8.30. The van der Waals surface area contributed by atoms with E-state index in [2.05, 4.69) is 4.90 Å². The predicted molar refractivity (Wildman–Crippen MR) is 76.9 cm³/mol. The minimum absolute atomic E-state index is 0.218. The molecule has 0 spiro atoms. The van der Waals surface area contributed by atoms with E-state index >= 15 is 0 Å². The lowest BCUT2D eigenvalue weighted by atomic mass is 9.80. The van der Waals surface area contributed by atoms with Crippen molar-refractivity contribution in [3.63, 3.8) is 0 Å². The average molecular weight is 299 g/mol. The van der Waals surface area contributed by atoms with Crippen molar-refractivity contribution in [2.75, 3.05) is 37.7 Å². The Balaban J connectivity index is 1.73. The number of sulfone groups is 1. The van der Waals surface area contributed by atoms with E-state index in [9.17, 15) is 8.42 Å². The maximum Gasteiger partial charge on any atom is 0.488 e. The van der Waals surface area contributed by atoms with Crippen LogP contribution in [0, 0.1) is 0 Å². The maximum atomic E-state index is 11.3. The minimum Gasteiger partial charge on any atom is -0.492 e. The molecule has 1 aliphatic heterocycles. The van der Waals surface area contributed by atoms with Gasteiger partial charge in [-0.2, -0.15) is 0 Å². The Labute approximate surface area is 119 Å². The van der Waals surface area contributed by atoms with Crippen molar-refractivity contribution in [2.45, 2.75) is 0 Å². The molecule has 110 valence electrons. The third-order valence-corrected chi connectivity index (χ3v) is 4.90. The third kappa shape index (κ3) is 4.48. The summed E-state index contributed by atoms with van der Waals surface area (Å²) in [5.41, 5.74) is 0.415. The van der Waals surface area contributed by atoms with Gasteiger partial charge in [-0.25, -0.2) is 8.42 Å². The second-order valence-electron chi connectivity index (χ2n) is 4.78. The van der Waals surface area contributed by atoms with E-state index in [1.807, 2.05) is 0 Å². The molecule has 2 rings (SSSR count). The van der Waals surface area contributed by atoms with E-state index in [0.717, 1.165) is 0 Å². The Bertz CT molecular complexity index is 517. The van der Waals surface area contributed by atoms with E-state index in [0.29, 0.717) is 37.5 Å². The third-order valence-electron chi connectivity index (χ3n) is 3.29. The molecular weight excluding hydrogens is 281 g/mol.